The summed E-state index contributed by atoms with van der Waals surface area (Å²) in [6.07, 6.45) is 10.9. The third-order valence-corrected chi connectivity index (χ3v) is 3.30. The molecule has 0 heterocycles. The second-order valence-corrected chi connectivity index (χ2v) is 4.43. The SMILES string of the molecule is CC1CCC(O)C(C2=CCC=C2)C1. The van der Waals surface area contributed by atoms with Gasteiger partial charge in [-0.05, 0) is 37.2 Å². The topological polar surface area (TPSA) is 20.2 Å². The van der Waals surface area contributed by atoms with Crippen LogP contribution in [0.4, 0.5) is 0 Å². The van der Waals surface area contributed by atoms with E-state index < -0.39 is 0 Å². The van der Waals surface area contributed by atoms with E-state index in [-0.39, 0.29) is 6.10 Å². The second kappa shape index (κ2) is 3.67. The third-order valence-electron chi connectivity index (χ3n) is 3.30. The lowest BCUT2D eigenvalue weighted by Gasteiger charge is -2.32. The summed E-state index contributed by atoms with van der Waals surface area (Å²) >= 11 is 0. The summed E-state index contributed by atoms with van der Waals surface area (Å²) < 4.78 is 0. The van der Waals surface area contributed by atoms with Gasteiger partial charge in [0.05, 0.1) is 6.10 Å². The molecule has 2 aliphatic rings. The minimum atomic E-state index is -0.0924. The van der Waals surface area contributed by atoms with Crippen LogP contribution in [0, 0.1) is 11.8 Å². The molecule has 0 bridgehead atoms. The maximum atomic E-state index is 9.87. The van der Waals surface area contributed by atoms with Crippen molar-refractivity contribution in [3.8, 4) is 0 Å². The van der Waals surface area contributed by atoms with Crippen molar-refractivity contribution in [1.82, 2.24) is 0 Å². The van der Waals surface area contributed by atoms with Crippen LogP contribution in [0.3, 0.4) is 0 Å². The maximum absolute atomic E-state index is 9.87. The van der Waals surface area contributed by atoms with Crippen molar-refractivity contribution in [2.45, 2.75) is 38.7 Å². The molecule has 1 nitrogen and oxygen atoms in total. The molecular formula is C12H18O. The molecule has 0 spiro atoms. The van der Waals surface area contributed by atoms with E-state index in [1.807, 2.05) is 0 Å². The van der Waals surface area contributed by atoms with Gasteiger partial charge in [0.1, 0.15) is 0 Å². The first-order valence-electron chi connectivity index (χ1n) is 5.32. The van der Waals surface area contributed by atoms with Crippen LogP contribution in [0.15, 0.2) is 23.8 Å². The molecule has 1 heteroatoms. The van der Waals surface area contributed by atoms with Gasteiger partial charge in [0, 0.05) is 5.92 Å². The highest BCUT2D eigenvalue weighted by atomic mass is 16.3. The van der Waals surface area contributed by atoms with Gasteiger partial charge in [-0.25, -0.2) is 0 Å². The fourth-order valence-electron chi connectivity index (χ4n) is 2.47. The summed E-state index contributed by atoms with van der Waals surface area (Å²) in [5.41, 5.74) is 1.37. The maximum Gasteiger partial charge on any atom is 0.0608 e. The van der Waals surface area contributed by atoms with Crippen LogP contribution >= 0.6 is 0 Å². The smallest absolute Gasteiger partial charge is 0.0608 e. The van der Waals surface area contributed by atoms with Crippen LogP contribution in [-0.4, -0.2) is 11.2 Å². The minimum Gasteiger partial charge on any atom is -0.392 e. The Bertz CT molecular complexity index is 240. The van der Waals surface area contributed by atoms with Crippen LogP contribution in [0.25, 0.3) is 0 Å². The van der Waals surface area contributed by atoms with Gasteiger partial charge >= 0.3 is 0 Å². The van der Waals surface area contributed by atoms with E-state index in [9.17, 15) is 5.11 Å². The Balaban J connectivity index is 2.07. The normalized spacial score (nSPS) is 39.2. The first-order valence-corrected chi connectivity index (χ1v) is 5.32. The van der Waals surface area contributed by atoms with Crippen LogP contribution in [0.1, 0.15) is 32.6 Å². The molecule has 1 fully saturated rings. The molecule has 0 aliphatic heterocycles. The van der Waals surface area contributed by atoms with E-state index in [2.05, 4.69) is 25.2 Å². The predicted octanol–water partition coefficient (Wildman–Crippen LogP) is 2.67. The lowest BCUT2D eigenvalue weighted by Crippen LogP contribution is -2.28. The van der Waals surface area contributed by atoms with Crippen molar-refractivity contribution in [3.63, 3.8) is 0 Å². The average Bonchev–Trinajstić information content (AvgIpc) is 2.61. The fourth-order valence-corrected chi connectivity index (χ4v) is 2.47. The summed E-state index contributed by atoms with van der Waals surface area (Å²) in [6, 6.07) is 0. The quantitative estimate of drug-likeness (QED) is 0.654. The summed E-state index contributed by atoms with van der Waals surface area (Å²) in [7, 11) is 0. The molecule has 0 aromatic heterocycles. The van der Waals surface area contributed by atoms with Crippen LogP contribution < -0.4 is 0 Å². The third kappa shape index (κ3) is 1.86. The number of allylic oxidation sites excluding steroid dienone is 3. The van der Waals surface area contributed by atoms with Gasteiger partial charge < -0.3 is 5.11 Å². The molecule has 2 aliphatic carbocycles. The molecule has 0 saturated heterocycles. The predicted molar refractivity (Wildman–Crippen MR) is 54.4 cm³/mol. The Kier molecular flexibility index (Phi) is 2.54. The van der Waals surface area contributed by atoms with E-state index in [0.29, 0.717) is 5.92 Å². The zero-order valence-corrected chi connectivity index (χ0v) is 8.24. The number of aliphatic hydroxyl groups excluding tert-OH is 1. The Hall–Kier alpha value is -0.560. The van der Waals surface area contributed by atoms with Gasteiger partial charge in [0.25, 0.3) is 0 Å². The largest absolute Gasteiger partial charge is 0.392 e. The van der Waals surface area contributed by atoms with E-state index in [4.69, 9.17) is 0 Å². The number of hydrogen-bond acceptors (Lipinski definition) is 1. The Morgan fingerprint density at radius 2 is 2.23 bits per heavy atom. The van der Waals surface area contributed by atoms with E-state index >= 15 is 0 Å². The van der Waals surface area contributed by atoms with Gasteiger partial charge in [0.15, 0.2) is 0 Å². The average molecular weight is 178 g/mol. The van der Waals surface area contributed by atoms with Gasteiger partial charge in [-0.15, -0.1) is 0 Å². The molecule has 0 aromatic carbocycles. The summed E-state index contributed by atoms with van der Waals surface area (Å²) in [5.74, 6) is 1.20. The summed E-state index contributed by atoms with van der Waals surface area (Å²) in [4.78, 5) is 0. The van der Waals surface area contributed by atoms with Crippen molar-refractivity contribution in [2.24, 2.45) is 11.8 Å². The van der Waals surface area contributed by atoms with Crippen LogP contribution in [0.2, 0.25) is 0 Å². The Morgan fingerprint density at radius 3 is 2.92 bits per heavy atom. The monoisotopic (exact) mass is 178 g/mol. The van der Waals surface area contributed by atoms with E-state index in [1.165, 1.54) is 12.0 Å². The van der Waals surface area contributed by atoms with Gasteiger partial charge in [-0.3, -0.25) is 0 Å². The van der Waals surface area contributed by atoms with Crippen LogP contribution in [-0.2, 0) is 0 Å². The zero-order chi connectivity index (χ0) is 9.26. The molecule has 3 unspecified atom stereocenters. The summed E-state index contributed by atoms with van der Waals surface area (Å²) in [6.45, 7) is 2.29. The molecule has 3 atom stereocenters. The summed E-state index contributed by atoms with van der Waals surface area (Å²) in [5, 5.41) is 9.87. The van der Waals surface area contributed by atoms with E-state index in [1.54, 1.807) is 0 Å². The van der Waals surface area contributed by atoms with Crippen molar-refractivity contribution in [2.75, 3.05) is 0 Å². The molecule has 1 N–H and O–H groups in total. The lowest BCUT2D eigenvalue weighted by atomic mass is 9.77. The molecule has 0 amide bonds. The zero-order valence-electron chi connectivity index (χ0n) is 8.24. The molecule has 13 heavy (non-hydrogen) atoms. The number of hydrogen-bond donors (Lipinski definition) is 1. The standard InChI is InChI=1S/C12H18O/c1-9-6-7-12(13)11(8-9)10-4-2-3-5-10/h2,4-5,9,11-13H,3,6-8H2,1H3. The highest BCUT2D eigenvalue weighted by Crippen LogP contribution is 2.35. The molecule has 1 saturated carbocycles. The minimum absolute atomic E-state index is 0.0924. The number of rotatable bonds is 1. The van der Waals surface area contributed by atoms with Crippen molar-refractivity contribution in [1.29, 1.82) is 0 Å². The highest BCUT2D eigenvalue weighted by molar-refractivity contribution is 5.29. The van der Waals surface area contributed by atoms with Crippen molar-refractivity contribution < 1.29 is 5.11 Å². The van der Waals surface area contributed by atoms with Gasteiger partial charge in [-0.1, -0.05) is 25.2 Å². The Labute approximate surface area is 80.2 Å². The highest BCUT2D eigenvalue weighted by Gasteiger charge is 2.29. The van der Waals surface area contributed by atoms with Gasteiger partial charge in [-0.2, -0.15) is 0 Å². The van der Waals surface area contributed by atoms with Crippen molar-refractivity contribution >= 4 is 0 Å². The van der Waals surface area contributed by atoms with Gasteiger partial charge in [0.2, 0.25) is 0 Å². The number of aliphatic hydroxyl groups is 1. The fraction of sp³-hybridized carbons (Fsp3) is 0.667. The lowest BCUT2D eigenvalue weighted by molar-refractivity contribution is 0.0708. The van der Waals surface area contributed by atoms with Crippen LogP contribution in [0.5, 0.6) is 0 Å². The first kappa shape index (κ1) is 9.01. The molecule has 72 valence electrons. The molecule has 2 rings (SSSR count). The Morgan fingerprint density at radius 1 is 1.38 bits per heavy atom. The molecular weight excluding hydrogens is 160 g/mol. The van der Waals surface area contributed by atoms with E-state index in [0.717, 1.165) is 25.2 Å². The molecule has 0 radical (unpaired) electrons. The molecule has 0 aromatic rings. The van der Waals surface area contributed by atoms with Crippen molar-refractivity contribution in [3.05, 3.63) is 23.8 Å². The second-order valence-electron chi connectivity index (χ2n) is 4.43. The first-order chi connectivity index (χ1) is 6.27.